The fourth-order valence-corrected chi connectivity index (χ4v) is 1.85. The summed E-state index contributed by atoms with van der Waals surface area (Å²) in [6, 6.07) is 6.71. The number of benzene rings is 1. The van der Waals surface area contributed by atoms with Crippen molar-refractivity contribution < 1.29 is 4.79 Å². The zero-order valence-electron chi connectivity index (χ0n) is 9.34. The second-order valence-corrected chi connectivity index (χ2v) is 5.14. The molecule has 0 aromatic heterocycles. The number of carbonyl (C=O) groups is 1. The predicted molar refractivity (Wildman–Crippen MR) is 75.9 cm³/mol. The van der Waals surface area contributed by atoms with Gasteiger partial charge in [0.15, 0.2) is 0 Å². The highest BCUT2D eigenvalue weighted by Gasteiger charge is 2.13. The molecule has 1 amide bonds. The zero-order chi connectivity index (χ0) is 12.8. The molecule has 0 spiro atoms. The number of nitriles is 1. The number of amides is 1. The van der Waals surface area contributed by atoms with Crippen LogP contribution in [0.4, 0.5) is 0 Å². The topological polar surface area (TPSA) is 52.9 Å². The summed E-state index contributed by atoms with van der Waals surface area (Å²) in [6.45, 7) is 1.97. The number of nitrogens with one attached hydrogen (secondary N) is 1. The lowest BCUT2D eigenvalue weighted by atomic mass is 10.1. The molecule has 1 N–H and O–H groups in total. The summed E-state index contributed by atoms with van der Waals surface area (Å²) in [7, 11) is 0. The molecular formula is C12H12ClIN2O. The Morgan fingerprint density at radius 1 is 1.65 bits per heavy atom. The molecule has 0 aliphatic carbocycles. The number of hydrogen-bond donors (Lipinski definition) is 1. The van der Waals surface area contributed by atoms with Gasteiger partial charge in [0.05, 0.1) is 11.1 Å². The molecule has 1 aromatic rings. The second kappa shape index (κ2) is 6.82. The molecule has 1 unspecified atom stereocenters. The van der Waals surface area contributed by atoms with Gasteiger partial charge in [-0.05, 0) is 47.2 Å². The van der Waals surface area contributed by atoms with Crippen molar-refractivity contribution in [2.24, 2.45) is 0 Å². The first kappa shape index (κ1) is 14.3. The van der Waals surface area contributed by atoms with Gasteiger partial charge in [-0.25, -0.2) is 0 Å². The fraction of sp³-hybridized carbons (Fsp3) is 0.333. The lowest BCUT2D eigenvalue weighted by molar-refractivity contribution is 0.0944. The van der Waals surface area contributed by atoms with Gasteiger partial charge in [-0.1, -0.05) is 24.9 Å². The normalized spacial score (nSPS) is 11.6. The summed E-state index contributed by atoms with van der Waals surface area (Å²) < 4.78 is 0.895. The average Bonchev–Trinajstić information content (AvgIpc) is 2.31. The largest absolute Gasteiger partial charge is 0.336 e. The van der Waals surface area contributed by atoms with Gasteiger partial charge in [-0.2, -0.15) is 5.26 Å². The van der Waals surface area contributed by atoms with E-state index in [2.05, 4.69) is 34.0 Å². The summed E-state index contributed by atoms with van der Waals surface area (Å²) >= 11 is 8.03. The third-order valence-electron chi connectivity index (χ3n) is 2.22. The third kappa shape index (κ3) is 4.17. The Balaban J connectivity index is 2.76. The third-order valence-corrected chi connectivity index (χ3v) is 3.79. The first-order valence-corrected chi connectivity index (χ1v) is 6.69. The summed E-state index contributed by atoms with van der Waals surface area (Å²) in [6.07, 6.45) is 1.51. The molecule has 1 rings (SSSR count). The van der Waals surface area contributed by atoms with Gasteiger partial charge < -0.3 is 5.32 Å². The molecule has 3 nitrogen and oxygen atoms in total. The van der Waals surface area contributed by atoms with Crippen LogP contribution in [-0.4, -0.2) is 11.9 Å². The van der Waals surface area contributed by atoms with Gasteiger partial charge in [0.25, 0.3) is 5.91 Å². The van der Waals surface area contributed by atoms with E-state index in [0.29, 0.717) is 17.0 Å². The van der Waals surface area contributed by atoms with Crippen LogP contribution in [0.1, 0.15) is 30.1 Å². The van der Waals surface area contributed by atoms with Gasteiger partial charge in [0.2, 0.25) is 0 Å². The van der Waals surface area contributed by atoms with Gasteiger partial charge in [-0.15, -0.1) is 0 Å². The van der Waals surface area contributed by atoms with Gasteiger partial charge in [-0.3, -0.25) is 4.79 Å². The molecular weight excluding hydrogens is 351 g/mol. The van der Waals surface area contributed by atoms with Crippen molar-refractivity contribution in [3.8, 4) is 6.07 Å². The molecule has 0 bridgehead atoms. The van der Waals surface area contributed by atoms with Crippen LogP contribution in [0.2, 0.25) is 5.02 Å². The van der Waals surface area contributed by atoms with Crippen LogP contribution in [-0.2, 0) is 0 Å². The molecule has 0 heterocycles. The molecule has 0 fully saturated rings. The van der Waals surface area contributed by atoms with E-state index < -0.39 is 6.04 Å². The molecule has 0 radical (unpaired) electrons. The molecule has 1 atom stereocenters. The Kier molecular flexibility index (Phi) is 5.72. The lowest BCUT2D eigenvalue weighted by Gasteiger charge is -2.10. The Labute approximate surface area is 119 Å². The summed E-state index contributed by atoms with van der Waals surface area (Å²) in [5.74, 6) is -0.261. The van der Waals surface area contributed by atoms with E-state index in [1.165, 1.54) is 0 Å². The maximum absolute atomic E-state index is 11.8. The minimum Gasteiger partial charge on any atom is -0.336 e. The molecule has 17 heavy (non-hydrogen) atoms. The van der Waals surface area contributed by atoms with Crippen molar-refractivity contribution >= 4 is 40.1 Å². The van der Waals surface area contributed by atoms with E-state index in [1.54, 1.807) is 18.2 Å². The Morgan fingerprint density at radius 3 is 2.88 bits per heavy atom. The average molecular weight is 363 g/mol. The number of carbonyl (C=O) groups excluding carboxylic acids is 1. The second-order valence-electron chi connectivity index (χ2n) is 3.57. The van der Waals surface area contributed by atoms with Crippen molar-refractivity contribution in [2.45, 2.75) is 25.8 Å². The maximum Gasteiger partial charge on any atom is 0.252 e. The highest BCUT2D eigenvalue weighted by molar-refractivity contribution is 14.1. The van der Waals surface area contributed by atoms with Crippen LogP contribution in [0, 0.1) is 14.9 Å². The van der Waals surface area contributed by atoms with Crippen molar-refractivity contribution in [2.75, 3.05) is 0 Å². The van der Waals surface area contributed by atoms with E-state index in [9.17, 15) is 4.79 Å². The van der Waals surface area contributed by atoms with E-state index in [4.69, 9.17) is 16.9 Å². The van der Waals surface area contributed by atoms with Gasteiger partial charge >= 0.3 is 0 Å². The summed E-state index contributed by atoms with van der Waals surface area (Å²) in [5, 5.41) is 12.1. The minimum atomic E-state index is -0.439. The van der Waals surface area contributed by atoms with E-state index in [0.717, 1.165) is 9.99 Å². The van der Waals surface area contributed by atoms with Gasteiger partial charge in [0.1, 0.15) is 6.04 Å². The van der Waals surface area contributed by atoms with Gasteiger partial charge in [0, 0.05) is 9.13 Å². The Morgan fingerprint density at radius 2 is 2.35 bits per heavy atom. The fourth-order valence-electron chi connectivity index (χ4n) is 1.34. The van der Waals surface area contributed by atoms with Crippen molar-refractivity contribution in [3.05, 3.63) is 32.4 Å². The Bertz CT molecular complexity index is 456. The van der Waals surface area contributed by atoms with E-state index in [-0.39, 0.29) is 5.91 Å². The highest BCUT2D eigenvalue weighted by Crippen LogP contribution is 2.19. The van der Waals surface area contributed by atoms with E-state index >= 15 is 0 Å². The standard InChI is InChI=1S/C12H12ClIN2O/c1-2-3-9(7-15)16-12(17)8-4-5-11(14)10(13)6-8/h4-6,9H,2-3H2,1H3,(H,16,17). The Hall–Kier alpha value is -0.800. The van der Waals surface area contributed by atoms with Crippen molar-refractivity contribution in [1.82, 2.24) is 5.32 Å². The molecule has 0 saturated heterocycles. The quantitative estimate of drug-likeness (QED) is 0.835. The first-order chi connectivity index (χ1) is 8.08. The van der Waals surface area contributed by atoms with Crippen LogP contribution in [0.5, 0.6) is 0 Å². The molecule has 5 heteroatoms. The van der Waals surface area contributed by atoms with Crippen LogP contribution in [0.25, 0.3) is 0 Å². The predicted octanol–water partition coefficient (Wildman–Crippen LogP) is 3.37. The zero-order valence-corrected chi connectivity index (χ0v) is 12.2. The SMILES string of the molecule is CCCC(C#N)NC(=O)c1ccc(I)c(Cl)c1. The lowest BCUT2D eigenvalue weighted by Crippen LogP contribution is -2.33. The van der Waals surface area contributed by atoms with Crippen molar-refractivity contribution in [1.29, 1.82) is 5.26 Å². The molecule has 0 aliphatic rings. The van der Waals surface area contributed by atoms with Crippen molar-refractivity contribution in [3.63, 3.8) is 0 Å². The maximum atomic E-state index is 11.8. The minimum absolute atomic E-state index is 0.261. The number of halogens is 2. The number of nitrogens with zero attached hydrogens (tertiary/aromatic N) is 1. The van der Waals surface area contributed by atoms with Crippen LogP contribution in [0.3, 0.4) is 0 Å². The number of rotatable bonds is 4. The summed E-state index contributed by atoms with van der Waals surface area (Å²) in [4.78, 5) is 11.8. The first-order valence-electron chi connectivity index (χ1n) is 5.24. The van der Waals surface area contributed by atoms with Crippen LogP contribution >= 0.6 is 34.2 Å². The molecule has 0 saturated carbocycles. The molecule has 1 aromatic carbocycles. The number of hydrogen-bond acceptors (Lipinski definition) is 2. The van der Waals surface area contributed by atoms with E-state index in [1.807, 2.05) is 6.92 Å². The molecule has 0 aliphatic heterocycles. The highest BCUT2D eigenvalue weighted by atomic mass is 127. The smallest absolute Gasteiger partial charge is 0.252 e. The van der Waals surface area contributed by atoms with Crippen LogP contribution in [0.15, 0.2) is 18.2 Å². The monoisotopic (exact) mass is 362 g/mol. The summed E-state index contributed by atoms with van der Waals surface area (Å²) in [5.41, 5.74) is 0.478. The van der Waals surface area contributed by atoms with Crippen LogP contribution < -0.4 is 5.32 Å². The molecule has 90 valence electrons.